The molecule has 6 heteroatoms. The van der Waals surface area contributed by atoms with Crippen molar-refractivity contribution in [2.24, 2.45) is 5.92 Å². The third-order valence-electron chi connectivity index (χ3n) is 6.17. The summed E-state index contributed by atoms with van der Waals surface area (Å²) in [7, 11) is 0. The number of aryl methyl sites for hydroxylation is 1. The van der Waals surface area contributed by atoms with E-state index in [1.54, 1.807) is 11.3 Å². The first-order valence-electron chi connectivity index (χ1n) is 11.8. The van der Waals surface area contributed by atoms with E-state index >= 15 is 0 Å². The molecule has 1 aliphatic rings. The van der Waals surface area contributed by atoms with Crippen LogP contribution in [-0.4, -0.2) is 59.7 Å². The van der Waals surface area contributed by atoms with E-state index in [1.807, 2.05) is 36.1 Å². The van der Waals surface area contributed by atoms with Gasteiger partial charge < -0.3 is 14.7 Å². The standard InChI is InChI=1S/C26H38N2O3S/c1-5-21(29)16-27(13-10-19(2)3)17-26(30)28-14-11-25-23(12-15-32-25)24(28)18-31-22-8-6-20(4)7-9-22/h6-9,12,15,19,21,24,29H,5,10-11,13-14,16-18H2,1-4H3. The minimum absolute atomic E-state index is 0.0816. The van der Waals surface area contributed by atoms with Crippen LogP contribution in [-0.2, 0) is 11.2 Å². The second kappa shape index (κ2) is 11.8. The van der Waals surface area contributed by atoms with Crippen LogP contribution >= 0.6 is 11.3 Å². The summed E-state index contributed by atoms with van der Waals surface area (Å²) in [5, 5.41) is 12.3. The lowest BCUT2D eigenvalue weighted by Gasteiger charge is -2.37. The number of carbonyl (C=O) groups is 1. The first-order valence-corrected chi connectivity index (χ1v) is 12.7. The van der Waals surface area contributed by atoms with Crippen LogP contribution in [0.3, 0.4) is 0 Å². The van der Waals surface area contributed by atoms with E-state index in [4.69, 9.17) is 4.74 Å². The molecule has 1 aromatic carbocycles. The largest absolute Gasteiger partial charge is 0.491 e. The number of thiophene rings is 1. The highest BCUT2D eigenvalue weighted by Crippen LogP contribution is 2.34. The third kappa shape index (κ3) is 6.80. The fourth-order valence-electron chi connectivity index (χ4n) is 4.07. The van der Waals surface area contributed by atoms with E-state index in [-0.39, 0.29) is 11.9 Å². The van der Waals surface area contributed by atoms with Crippen molar-refractivity contribution in [3.05, 3.63) is 51.7 Å². The van der Waals surface area contributed by atoms with Crippen molar-refractivity contribution in [3.8, 4) is 5.75 Å². The van der Waals surface area contributed by atoms with Crippen LogP contribution in [0.1, 0.15) is 55.7 Å². The lowest BCUT2D eigenvalue weighted by molar-refractivity contribution is -0.136. The van der Waals surface area contributed by atoms with Gasteiger partial charge in [0.2, 0.25) is 5.91 Å². The van der Waals surface area contributed by atoms with Crippen LogP contribution in [0.15, 0.2) is 35.7 Å². The van der Waals surface area contributed by atoms with E-state index in [0.29, 0.717) is 38.6 Å². The summed E-state index contributed by atoms with van der Waals surface area (Å²) in [6.07, 6.45) is 2.20. The maximum atomic E-state index is 13.5. The minimum Gasteiger partial charge on any atom is -0.491 e. The molecule has 2 heterocycles. The van der Waals surface area contributed by atoms with Gasteiger partial charge in [0.05, 0.1) is 18.7 Å². The maximum Gasteiger partial charge on any atom is 0.237 e. The van der Waals surface area contributed by atoms with Gasteiger partial charge in [-0.1, -0.05) is 38.5 Å². The molecule has 1 aliphatic heterocycles. The molecular weight excluding hydrogens is 420 g/mol. The Morgan fingerprint density at radius 1 is 1.28 bits per heavy atom. The molecule has 3 rings (SSSR count). The Bertz CT molecular complexity index is 849. The molecule has 0 spiro atoms. The van der Waals surface area contributed by atoms with Crippen molar-refractivity contribution >= 4 is 17.2 Å². The van der Waals surface area contributed by atoms with Crippen LogP contribution < -0.4 is 4.74 Å². The first-order chi connectivity index (χ1) is 15.4. The zero-order valence-electron chi connectivity index (χ0n) is 19.9. The molecule has 0 bridgehead atoms. The van der Waals surface area contributed by atoms with Crippen LogP contribution in [0, 0.1) is 12.8 Å². The Labute approximate surface area is 197 Å². The Morgan fingerprint density at radius 3 is 2.72 bits per heavy atom. The molecule has 2 aromatic rings. The second-order valence-corrected chi connectivity index (χ2v) is 10.3. The number of ether oxygens (including phenoxy) is 1. The van der Waals surface area contributed by atoms with Crippen molar-refractivity contribution in [2.75, 3.05) is 32.8 Å². The molecule has 0 saturated heterocycles. The molecule has 0 fully saturated rings. The van der Waals surface area contributed by atoms with Gasteiger partial charge in [-0.25, -0.2) is 0 Å². The van der Waals surface area contributed by atoms with Crippen LogP contribution in [0.5, 0.6) is 5.75 Å². The highest BCUT2D eigenvalue weighted by Gasteiger charge is 2.33. The van der Waals surface area contributed by atoms with Gasteiger partial charge in [0.15, 0.2) is 0 Å². The van der Waals surface area contributed by atoms with Crippen LogP contribution in [0.4, 0.5) is 0 Å². The predicted molar refractivity (Wildman–Crippen MR) is 131 cm³/mol. The Morgan fingerprint density at radius 2 is 2.03 bits per heavy atom. The van der Waals surface area contributed by atoms with Gasteiger partial charge in [0.1, 0.15) is 12.4 Å². The normalized spacial score (nSPS) is 17.0. The monoisotopic (exact) mass is 458 g/mol. The lowest BCUT2D eigenvalue weighted by atomic mass is 10.00. The molecule has 1 N–H and O–H groups in total. The van der Waals surface area contributed by atoms with E-state index < -0.39 is 6.10 Å². The van der Waals surface area contributed by atoms with E-state index in [9.17, 15) is 9.90 Å². The Kier molecular flexibility index (Phi) is 9.14. The molecule has 32 heavy (non-hydrogen) atoms. The summed E-state index contributed by atoms with van der Waals surface area (Å²) in [6, 6.07) is 10.1. The van der Waals surface area contributed by atoms with Crippen molar-refractivity contribution < 1.29 is 14.6 Å². The minimum atomic E-state index is -0.402. The van der Waals surface area contributed by atoms with Gasteiger partial charge in [-0.3, -0.25) is 9.69 Å². The number of hydrogen-bond donors (Lipinski definition) is 1. The van der Waals surface area contributed by atoms with Crippen molar-refractivity contribution in [3.63, 3.8) is 0 Å². The topological polar surface area (TPSA) is 53.0 Å². The zero-order valence-corrected chi connectivity index (χ0v) is 20.7. The number of fused-ring (bicyclic) bond motifs is 1. The summed E-state index contributed by atoms with van der Waals surface area (Å²) >= 11 is 1.77. The molecule has 1 amide bonds. The average Bonchev–Trinajstić information content (AvgIpc) is 3.25. The lowest BCUT2D eigenvalue weighted by Crippen LogP contribution is -2.48. The fourth-order valence-corrected chi connectivity index (χ4v) is 5.00. The summed E-state index contributed by atoms with van der Waals surface area (Å²) in [6.45, 7) is 11.3. The number of hydrogen-bond acceptors (Lipinski definition) is 5. The van der Waals surface area contributed by atoms with E-state index in [0.717, 1.165) is 25.1 Å². The first kappa shape index (κ1) is 24.7. The number of benzene rings is 1. The van der Waals surface area contributed by atoms with Crippen molar-refractivity contribution in [1.82, 2.24) is 9.80 Å². The molecule has 0 radical (unpaired) electrons. The maximum absolute atomic E-state index is 13.5. The molecule has 176 valence electrons. The van der Waals surface area contributed by atoms with E-state index in [1.165, 1.54) is 16.0 Å². The van der Waals surface area contributed by atoms with Gasteiger partial charge in [0.25, 0.3) is 0 Å². The summed E-state index contributed by atoms with van der Waals surface area (Å²) in [5.41, 5.74) is 2.41. The average molecular weight is 459 g/mol. The summed E-state index contributed by atoms with van der Waals surface area (Å²) in [5.74, 6) is 1.51. The molecule has 0 saturated carbocycles. The van der Waals surface area contributed by atoms with Crippen molar-refractivity contribution in [1.29, 1.82) is 0 Å². The second-order valence-electron chi connectivity index (χ2n) is 9.26. The van der Waals surface area contributed by atoms with Gasteiger partial charge in [-0.2, -0.15) is 0 Å². The van der Waals surface area contributed by atoms with Crippen molar-refractivity contribution in [2.45, 2.75) is 59.1 Å². The zero-order chi connectivity index (χ0) is 23.1. The van der Waals surface area contributed by atoms with Gasteiger partial charge in [0, 0.05) is 18.0 Å². The summed E-state index contributed by atoms with van der Waals surface area (Å²) in [4.78, 5) is 18.9. The van der Waals surface area contributed by atoms with Gasteiger partial charge in [-0.15, -0.1) is 11.3 Å². The SMILES string of the molecule is CCC(O)CN(CCC(C)C)CC(=O)N1CCc2sccc2C1COc1ccc(C)cc1. The molecule has 0 aliphatic carbocycles. The molecule has 5 nitrogen and oxygen atoms in total. The van der Waals surface area contributed by atoms with E-state index in [2.05, 4.69) is 37.1 Å². The number of amides is 1. The van der Waals surface area contributed by atoms with Crippen LogP contribution in [0.2, 0.25) is 0 Å². The summed E-state index contributed by atoms with van der Waals surface area (Å²) < 4.78 is 6.13. The molecular formula is C26H38N2O3S. The Balaban J connectivity index is 1.71. The fraction of sp³-hybridized carbons (Fsp3) is 0.577. The highest BCUT2D eigenvalue weighted by atomic mass is 32.1. The number of aliphatic hydroxyl groups excluding tert-OH is 1. The number of aliphatic hydroxyl groups is 1. The third-order valence-corrected chi connectivity index (χ3v) is 7.16. The highest BCUT2D eigenvalue weighted by molar-refractivity contribution is 7.10. The Hall–Kier alpha value is -1.89. The molecule has 1 aromatic heterocycles. The molecule has 2 atom stereocenters. The number of carbonyl (C=O) groups excluding carboxylic acids is 1. The number of nitrogens with zero attached hydrogens (tertiary/aromatic N) is 2. The number of rotatable bonds is 11. The van der Waals surface area contributed by atoms with Crippen LogP contribution in [0.25, 0.3) is 0 Å². The smallest absolute Gasteiger partial charge is 0.237 e. The van der Waals surface area contributed by atoms with Gasteiger partial charge in [-0.05, 0) is 67.8 Å². The van der Waals surface area contributed by atoms with Gasteiger partial charge >= 0.3 is 0 Å². The molecule has 2 unspecified atom stereocenters. The quantitative estimate of drug-likeness (QED) is 0.531. The predicted octanol–water partition coefficient (Wildman–Crippen LogP) is 4.68.